The highest BCUT2D eigenvalue weighted by Gasteiger charge is 2.29. The van der Waals surface area contributed by atoms with Crippen molar-refractivity contribution >= 4 is 15.6 Å². The number of rotatable bonds is 11. The molecule has 0 aromatic heterocycles. The first-order valence-electron chi connectivity index (χ1n) is 6.66. The van der Waals surface area contributed by atoms with E-state index in [1.165, 1.54) is 0 Å². The van der Waals surface area contributed by atoms with Gasteiger partial charge >= 0.3 is 15.6 Å². The van der Waals surface area contributed by atoms with E-state index in [-0.39, 0.29) is 26.4 Å². The van der Waals surface area contributed by atoms with Gasteiger partial charge in [-0.1, -0.05) is 27.7 Å². The van der Waals surface area contributed by atoms with E-state index in [4.69, 9.17) is 24.3 Å². The molecule has 9 nitrogen and oxygen atoms in total. The number of hydrogen-bond acceptors (Lipinski definition) is 5. The molecule has 0 bridgehead atoms. The molecule has 0 saturated heterocycles. The third-order valence-electron chi connectivity index (χ3n) is 3.00. The Bertz CT molecular complexity index is 427. The standard InChI is InChI=1S/C11H26O9P2/c1-5-11(4,9-20-22(15,16)17)8-18-6-10(2,3)7-19-21(12,13)14/h5-9H2,1-4H3,(H2,12,13,14)(H2,15,16,17). The van der Waals surface area contributed by atoms with Crippen molar-refractivity contribution in [3.05, 3.63) is 0 Å². The average molecular weight is 364 g/mol. The van der Waals surface area contributed by atoms with Gasteiger partial charge in [0.1, 0.15) is 0 Å². The highest BCUT2D eigenvalue weighted by atomic mass is 31.2. The fourth-order valence-corrected chi connectivity index (χ4v) is 2.36. The van der Waals surface area contributed by atoms with E-state index in [1.807, 2.05) is 6.92 Å². The van der Waals surface area contributed by atoms with Crippen LogP contribution in [0.3, 0.4) is 0 Å². The number of phosphoric acid groups is 2. The molecule has 0 rings (SSSR count). The first-order chi connectivity index (χ1) is 9.68. The number of hydrogen-bond donors (Lipinski definition) is 4. The maximum atomic E-state index is 10.7. The summed E-state index contributed by atoms with van der Waals surface area (Å²) in [6, 6.07) is 0. The van der Waals surface area contributed by atoms with Gasteiger partial charge in [0.05, 0.1) is 26.4 Å². The zero-order valence-corrected chi connectivity index (χ0v) is 15.0. The summed E-state index contributed by atoms with van der Waals surface area (Å²) >= 11 is 0. The van der Waals surface area contributed by atoms with Gasteiger partial charge in [0.25, 0.3) is 0 Å². The lowest BCUT2D eigenvalue weighted by Crippen LogP contribution is -2.32. The van der Waals surface area contributed by atoms with Gasteiger partial charge in [-0.25, -0.2) is 9.13 Å². The van der Waals surface area contributed by atoms with Crippen molar-refractivity contribution in [2.24, 2.45) is 10.8 Å². The van der Waals surface area contributed by atoms with E-state index in [1.54, 1.807) is 20.8 Å². The maximum Gasteiger partial charge on any atom is 0.469 e. The SMILES string of the molecule is CCC(C)(COCC(C)(C)COP(=O)(O)O)COP(=O)(O)O. The second kappa shape index (κ2) is 8.33. The lowest BCUT2D eigenvalue weighted by molar-refractivity contribution is -0.0276. The van der Waals surface area contributed by atoms with Crippen LogP contribution in [0.2, 0.25) is 0 Å². The number of ether oxygens (including phenoxy) is 1. The van der Waals surface area contributed by atoms with Crippen molar-refractivity contribution in [2.45, 2.75) is 34.1 Å². The Morgan fingerprint density at radius 3 is 1.68 bits per heavy atom. The summed E-state index contributed by atoms with van der Waals surface area (Å²) in [5.74, 6) is 0. The first-order valence-corrected chi connectivity index (χ1v) is 9.72. The zero-order chi connectivity index (χ0) is 17.7. The van der Waals surface area contributed by atoms with Crippen molar-refractivity contribution < 1.29 is 42.5 Å². The Morgan fingerprint density at radius 1 is 0.818 bits per heavy atom. The van der Waals surface area contributed by atoms with Crippen molar-refractivity contribution in [1.29, 1.82) is 0 Å². The van der Waals surface area contributed by atoms with E-state index < -0.39 is 26.5 Å². The minimum atomic E-state index is -4.53. The second-order valence-corrected chi connectivity index (χ2v) is 8.83. The maximum absolute atomic E-state index is 10.7. The highest BCUT2D eigenvalue weighted by Crippen LogP contribution is 2.40. The Labute approximate surface area is 130 Å². The molecule has 1 atom stereocenters. The highest BCUT2D eigenvalue weighted by molar-refractivity contribution is 7.46. The van der Waals surface area contributed by atoms with Gasteiger partial charge in [0, 0.05) is 10.8 Å². The van der Waals surface area contributed by atoms with Crippen molar-refractivity contribution in [3.63, 3.8) is 0 Å². The van der Waals surface area contributed by atoms with Crippen LogP contribution in [0, 0.1) is 10.8 Å². The first kappa shape index (κ1) is 22.2. The predicted octanol–water partition coefficient (Wildman–Crippen LogP) is 1.66. The Hall–Kier alpha value is 0.180. The Balaban J connectivity index is 4.33. The lowest BCUT2D eigenvalue weighted by Gasteiger charge is -2.30. The van der Waals surface area contributed by atoms with Crippen LogP contribution in [0.15, 0.2) is 0 Å². The van der Waals surface area contributed by atoms with E-state index in [2.05, 4.69) is 9.05 Å². The third kappa shape index (κ3) is 11.7. The molecule has 22 heavy (non-hydrogen) atoms. The van der Waals surface area contributed by atoms with E-state index >= 15 is 0 Å². The molecule has 0 aromatic rings. The predicted molar refractivity (Wildman–Crippen MR) is 79.0 cm³/mol. The fourth-order valence-electron chi connectivity index (χ4n) is 1.36. The Kier molecular flexibility index (Phi) is 8.40. The quantitative estimate of drug-likeness (QED) is 0.402. The molecule has 1 unspecified atom stereocenters. The van der Waals surface area contributed by atoms with Gasteiger partial charge < -0.3 is 24.3 Å². The monoisotopic (exact) mass is 364 g/mol. The molecule has 0 aromatic carbocycles. The topological polar surface area (TPSA) is 143 Å². The molecule has 0 saturated carbocycles. The molecule has 0 heterocycles. The summed E-state index contributed by atoms with van der Waals surface area (Å²) in [4.78, 5) is 34.8. The minimum absolute atomic E-state index is 0.160. The summed E-state index contributed by atoms with van der Waals surface area (Å²) in [7, 11) is -9.06. The molecule has 0 radical (unpaired) electrons. The summed E-state index contributed by atoms with van der Waals surface area (Å²) in [6.45, 7) is 7.06. The smallest absolute Gasteiger partial charge is 0.380 e. The molecule has 0 aliphatic rings. The van der Waals surface area contributed by atoms with Crippen LogP contribution in [-0.2, 0) is 22.9 Å². The molecule has 134 valence electrons. The summed E-state index contributed by atoms with van der Waals surface area (Å²) in [5.41, 5.74) is -1.21. The van der Waals surface area contributed by atoms with E-state index in [9.17, 15) is 9.13 Å². The van der Waals surface area contributed by atoms with Gasteiger partial charge in [-0.3, -0.25) is 9.05 Å². The van der Waals surface area contributed by atoms with Crippen LogP contribution in [0.5, 0.6) is 0 Å². The fraction of sp³-hybridized carbons (Fsp3) is 1.00. The van der Waals surface area contributed by atoms with E-state index in [0.717, 1.165) is 0 Å². The van der Waals surface area contributed by atoms with Crippen molar-refractivity contribution in [3.8, 4) is 0 Å². The molecule has 0 amide bonds. The largest absolute Gasteiger partial charge is 0.469 e. The molecule has 11 heteroatoms. The molecule has 4 N–H and O–H groups in total. The molecule has 0 aliphatic carbocycles. The Morgan fingerprint density at radius 2 is 1.27 bits per heavy atom. The van der Waals surface area contributed by atoms with Gasteiger partial charge in [-0.05, 0) is 6.42 Å². The van der Waals surface area contributed by atoms with Crippen LogP contribution in [0.1, 0.15) is 34.1 Å². The van der Waals surface area contributed by atoms with Crippen LogP contribution in [0.4, 0.5) is 0 Å². The van der Waals surface area contributed by atoms with E-state index in [0.29, 0.717) is 6.42 Å². The summed E-state index contributed by atoms with van der Waals surface area (Å²) < 4.78 is 35.9. The van der Waals surface area contributed by atoms with Crippen LogP contribution in [-0.4, -0.2) is 46.0 Å². The van der Waals surface area contributed by atoms with Crippen LogP contribution < -0.4 is 0 Å². The van der Waals surface area contributed by atoms with Gasteiger partial charge in [0.2, 0.25) is 0 Å². The lowest BCUT2D eigenvalue weighted by atomic mass is 9.89. The van der Waals surface area contributed by atoms with Crippen LogP contribution in [0.25, 0.3) is 0 Å². The average Bonchev–Trinajstić information content (AvgIpc) is 2.32. The molecule has 0 aliphatic heterocycles. The minimum Gasteiger partial charge on any atom is -0.380 e. The molecule has 0 spiro atoms. The molecule has 0 fully saturated rings. The summed E-state index contributed by atoms with van der Waals surface area (Å²) in [5, 5.41) is 0. The van der Waals surface area contributed by atoms with Crippen molar-refractivity contribution in [2.75, 3.05) is 26.4 Å². The van der Waals surface area contributed by atoms with Crippen LogP contribution >= 0.6 is 15.6 Å². The zero-order valence-electron chi connectivity index (χ0n) is 13.3. The number of phosphoric ester groups is 2. The van der Waals surface area contributed by atoms with Gasteiger partial charge in [-0.15, -0.1) is 0 Å². The summed E-state index contributed by atoms with van der Waals surface area (Å²) in [6.07, 6.45) is 0.576. The van der Waals surface area contributed by atoms with Gasteiger partial charge in [0.15, 0.2) is 0 Å². The third-order valence-corrected chi connectivity index (χ3v) is 3.93. The van der Waals surface area contributed by atoms with Crippen molar-refractivity contribution in [1.82, 2.24) is 0 Å². The normalized spacial score (nSPS) is 16.5. The molecular weight excluding hydrogens is 338 g/mol. The van der Waals surface area contributed by atoms with Gasteiger partial charge in [-0.2, -0.15) is 0 Å². The second-order valence-electron chi connectivity index (χ2n) is 6.35. The molecular formula is C11H26O9P2.